The summed E-state index contributed by atoms with van der Waals surface area (Å²) in [7, 11) is 0. The van der Waals surface area contributed by atoms with E-state index < -0.39 is 0 Å². The highest BCUT2D eigenvalue weighted by atomic mass is 35.5. The molecule has 0 aliphatic carbocycles. The van der Waals surface area contributed by atoms with Crippen LogP contribution in [0.5, 0.6) is 0 Å². The summed E-state index contributed by atoms with van der Waals surface area (Å²) in [6, 6.07) is 7.96. The van der Waals surface area contributed by atoms with Crippen LogP contribution in [-0.2, 0) is 11.2 Å². The van der Waals surface area contributed by atoms with E-state index in [4.69, 9.17) is 11.6 Å². The molecule has 0 aromatic heterocycles. The number of alkyl halides is 1. The van der Waals surface area contributed by atoms with Gasteiger partial charge in [0.1, 0.15) is 0 Å². The fourth-order valence-electron chi connectivity index (χ4n) is 1.46. The van der Waals surface area contributed by atoms with Crippen LogP contribution >= 0.6 is 11.6 Å². The summed E-state index contributed by atoms with van der Waals surface area (Å²) in [6.45, 7) is 5.84. The molecule has 0 atom stereocenters. The standard InChI is InChI=1S/C13H18ClNO/c1-10-5-4-6-11(7-10)8-12(16)15-13(2,3)9-14/h4-7H,8-9H2,1-3H3,(H,15,16). The van der Waals surface area contributed by atoms with Crippen molar-refractivity contribution in [1.29, 1.82) is 0 Å². The second-order valence-electron chi connectivity index (χ2n) is 4.73. The molecule has 0 spiro atoms. The van der Waals surface area contributed by atoms with Crippen molar-refractivity contribution in [3.05, 3.63) is 35.4 Å². The number of amides is 1. The zero-order chi connectivity index (χ0) is 12.2. The minimum atomic E-state index is -0.345. The Bertz CT molecular complexity index is 374. The number of rotatable bonds is 4. The van der Waals surface area contributed by atoms with Gasteiger partial charge in [-0.05, 0) is 26.3 Å². The third kappa shape index (κ3) is 4.23. The summed E-state index contributed by atoms with van der Waals surface area (Å²) in [5.74, 6) is 0.420. The molecule has 0 aliphatic rings. The largest absolute Gasteiger partial charge is 0.350 e. The van der Waals surface area contributed by atoms with Crippen LogP contribution in [0.3, 0.4) is 0 Å². The zero-order valence-corrected chi connectivity index (χ0v) is 10.8. The Hall–Kier alpha value is -1.02. The van der Waals surface area contributed by atoms with E-state index in [0.717, 1.165) is 5.56 Å². The molecule has 1 amide bonds. The van der Waals surface area contributed by atoms with Gasteiger partial charge in [0.25, 0.3) is 0 Å². The second kappa shape index (κ2) is 5.35. The zero-order valence-electron chi connectivity index (χ0n) is 10.0. The molecule has 0 bridgehead atoms. The summed E-state index contributed by atoms with van der Waals surface area (Å²) < 4.78 is 0. The van der Waals surface area contributed by atoms with Crippen LogP contribution in [0.1, 0.15) is 25.0 Å². The van der Waals surface area contributed by atoms with E-state index in [2.05, 4.69) is 5.32 Å². The fourth-order valence-corrected chi connectivity index (χ4v) is 1.53. The Morgan fingerprint density at radius 2 is 2.12 bits per heavy atom. The van der Waals surface area contributed by atoms with Crippen LogP contribution in [0.2, 0.25) is 0 Å². The van der Waals surface area contributed by atoms with Crippen molar-refractivity contribution in [2.24, 2.45) is 0 Å². The van der Waals surface area contributed by atoms with Gasteiger partial charge in [0.15, 0.2) is 0 Å². The molecular weight excluding hydrogens is 222 g/mol. The van der Waals surface area contributed by atoms with E-state index in [1.807, 2.05) is 45.0 Å². The first kappa shape index (κ1) is 13.0. The van der Waals surface area contributed by atoms with Gasteiger partial charge in [0, 0.05) is 11.4 Å². The molecule has 3 heteroatoms. The van der Waals surface area contributed by atoms with Gasteiger partial charge in [-0.1, -0.05) is 29.8 Å². The molecule has 0 aliphatic heterocycles. The highest BCUT2D eigenvalue weighted by Crippen LogP contribution is 2.08. The Morgan fingerprint density at radius 1 is 1.44 bits per heavy atom. The third-order valence-electron chi connectivity index (χ3n) is 2.26. The monoisotopic (exact) mass is 239 g/mol. The number of benzene rings is 1. The number of halogens is 1. The van der Waals surface area contributed by atoms with Crippen molar-refractivity contribution in [3.8, 4) is 0 Å². The lowest BCUT2D eigenvalue weighted by molar-refractivity contribution is -0.121. The van der Waals surface area contributed by atoms with Crippen LogP contribution in [0.25, 0.3) is 0 Å². The molecule has 0 fully saturated rings. The van der Waals surface area contributed by atoms with E-state index in [-0.39, 0.29) is 11.4 Å². The van der Waals surface area contributed by atoms with E-state index in [1.54, 1.807) is 0 Å². The summed E-state index contributed by atoms with van der Waals surface area (Å²) in [4.78, 5) is 11.7. The van der Waals surface area contributed by atoms with Gasteiger partial charge < -0.3 is 5.32 Å². The van der Waals surface area contributed by atoms with Crippen LogP contribution in [0, 0.1) is 6.92 Å². The van der Waals surface area contributed by atoms with Gasteiger partial charge >= 0.3 is 0 Å². The molecule has 0 unspecified atom stereocenters. The predicted molar refractivity (Wildman–Crippen MR) is 67.8 cm³/mol. The lowest BCUT2D eigenvalue weighted by Gasteiger charge is -2.23. The van der Waals surface area contributed by atoms with Gasteiger partial charge in [-0.3, -0.25) is 4.79 Å². The van der Waals surface area contributed by atoms with E-state index in [1.165, 1.54) is 5.56 Å². The Labute approximate surface area is 102 Å². The van der Waals surface area contributed by atoms with E-state index in [0.29, 0.717) is 12.3 Å². The SMILES string of the molecule is Cc1cccc(CC(=O)NC(C)(C)CCl)c1. The molecule has 0 heterocycles. The Morgan fingerprint density at radius 3 is 2.69 bits per heavy atom. The fraction of sp³-hybridized carbons (Fsp3) is 0.462. The van der Waals surface area contributed by atoms with Crippen LogP contribution < -0.4 is 5.32 Å². The molecule has 0 radical (unpaired) electrons. The van der Waals surface area contributed by atoms with Gasteiger partial charge in [-0.25, -0.2) is 0 Å². The molecule has 16 heavy (non-hydrogen) atoms. The number of hydrogen-bond acceptors (Lipinski definition) is 1. The molecule has 0 saturated heterocycles. The van der Waals surface area contributed by atoms with Crippen molar-refractivity contribution >= 4 is 17.5 Å². The normalized spacial score (nSPS) is 11.2. The smallest absolute Gasteiger partial charge is 0.224 e. The van der Waals surface area contributed by atoms with E-state index >= 15 is 0 Å². The van der Waals surface area contributed by atoms with Gasteiger partial charge in [0.2, 0.25) is 5.91 Å². The molecule has 88 valence electrons. The number of nitrogens with one attached hydrogen (secondary N) is 1. The molecule has 1 N–H and O–H groups in total. The second-order valence-corrected chi connectivity index (χ2v) is 5.00. The van der Waals surface area contributed by atoms with Crippen LogP contribution in [0.4, 0.5) is 0 Å². The molecule has 1 aromatic carbocycles. The predicted octanol–water partition coefficient (Wildman–Crippen LogP) is 2.67. The van der Waals surface area contributed by atoms with Crippen molar-refractivity contribution in [3.63, 3.8) is 0 Å². The highest BCUT2D eigenvalue weighted by molar-refractivity contribution is 6.18. The maximum absolute atomic E-state index is 11.7. The first-order chi connectivity index (χ1) is 7.43. The minimum absolute atomic E-state index is 0.0104. The lowest BCUT2D eigenvalue weighted by Crippen LogP contribution is -2.45. The first-order valence-electron chi connectivity index (χ1n) is 5.35. The first-order valence-corrected chi connectivity index (χ1v) is 5.89. The topological polar surface area (TPSA) is 29.1 Å². The number of carbonyl (C=O) groups excluding carboxylic acids is 1. The third-order valence-corrected chi connectivity index (χ3v) is 2.93. The summed E-state index contributed by atoms with van der Waals surface area (Å²) in [5.41, 5.74) is 1.85. The van der Waals surface area contributed by atoms with E-state index in [9.17, 15) is 4.79 Å². The number of carbonyl (C=O) groups is 1. The molecule has 1 rings (SSSR count). The summed E-state index contributed by atoms with van der Waals surface area (Å²) >= 11 is 5.75. The quantitative estimate of drug-likeness (QED) is 0.805. The lowest BCUT2D eigenvalue weighted by atomic mass is 10.1. The molecule has 2 nitrogen and oxygen atoms in total. The van der Waals surface area contributed by atoms with Gasteiger partial charge in [-0.15, -0.1) is 11.6 Å². The molecule has 1 aromatic rings. The maximum atomic E-state index is 11.7. The highest BCUT2D eigenvalue weighted by Gasteiger charge is 2.18. The van der Waals surface area contributed by atoms with Crippen molar-refractivity contribution in [2.75, 3.05) is 5.88 Å². The minimum Gasteiger partial charge on any atom is -0.350 e. The van der Waals surface area contributed by atoms with Gasteiger partial charge in [0.05, 0.1) is 6.42 Å². The van der Waals surface area contributed by atoms with Crippen LogP contribution in [0.15, 0.2) is 24.3 Å². The summed E-state index contributed by atoms with van der Waals surface area (Å²) in [6.07, 6.45) is 0.405. The molecular formula is C13H18ClNO. The van der Waals surface area contributed by atoms with Crippen molar-refractivity contribution < 1.29 is 4.79 Å². The Kier molecular flexibility index (Phi) is 4.36. The van der Waals surface area contributed by atoms with Crippen molar-refractivity contribution in [2.45, 2.75) is 32.7 Å². The summed E-state index contributed by atoms with van der Waals surface area (Å²) in [5, 5.41) is 2.90. The average molecular weight is 240 g/mol. The Balaban J connectivity index is 2.59. The number of aryl methyl sites for hydroxylation is 1. The number of hydrogen-bond donors (Lipinski definition) is 1. The average Bonchev–Trinajstić information content (AvgIpc) is 2.16. The van der Waals surface area contributed by atoms with Crippen LogP contribution in [-0.4, -0.2) is 17.3 Å². The van der Waals surface area contributed by atoms with Gasteiger partial charge in [-0.2, -0.15) is 0 Å². The van der Waals surface area contributed by atoms with Crippen molar-refractivity contribution in [1.82, 2.24) is 5.32 Å². The molecule has 0 saturated carbocycles. The maximum Gasteiger partial charge on any atom is 0.224 e.